The zero-order chi connectivity index (χ0) is 11.4. The van der Waals surface area contributed by atoms with Crippen LogP contribution in [0.3, 0.4) is 0 Å². The van der Waals surface area contributed by atoms with Gasteiger partial charge in [-0.3, -0.25) is 0 Å². The van der Waals surface area contributed by atoms with Crippen molar-refractivity contribution in [3.05, 3.63) is 12.5 Å². The summed E-state index contributed by atoms with van der Waals surface area (Å²) >= 11 is 0. The highest BCUT2D eigenvalue weighted by Gasteiger charge is 2.20. The van der Waals surface area contributed by atoms with Crippen LogP contribution in [0.25, 0.3) is 0 Å². The third-order valence-electron chi connectivity index (χ3n) is 3.51. The molecule has 0 atom stereocenters. The van der Waals surface area contributed by atoms with Gasteiger partial charge in [0.05, 0.1) is 11.9 Å². The number of aromatic nitrogens is 2. The van der Waals surface area contributed by atoms with Crippen molar-refractivity contribution in [2.24, 2.45) is 5.92 Å². The van der Waals surface area contributed by atoms with E-state index in [4.69, 9.17) is 5.73 Å². The summed E-state index contributed by atoms with van der Waals surface area (Å²) in [6, 6.07) is 0.528. The maximum Gasteiger partial charge on any atom is 0.152 e. The van der Waals surface area contributed by atoms with Gasteiger partial charge in [-0.2, -0.15) is 0 Å². The molecule has 0 radical (unpaired) electrons. The zero-order valence-corrected chi connectivity index (χ0v) is 9.82. The quantitative estimate of drug-likeness (QED) is 0.821. The molecule has 1 fully saturated rings. The fraction of sp³-hybridized carbons (Fsp3) is 0.667. The SMILES string of the molecule is CCC1CCC(Nc2ncncc2N)CC1. The first-order valence-electron chi connectivity index (χ1n) is 6.11. The molecule has 0 spiro atoms. The van der Waals surface area contributed by atoms with Crippen LogP contribution in [0.2, 0.25) is 0 Å². The standard InChI is InChI=1S/C12H20N4/c1-2-9-3-5-10(6-4-9)16-12-11(13)7-14-8-15-12/h7-10H,2-6,13H2,1H3,(H,14,15,16). The topological polar surface area (TPSA) is 63.8 Å². The van der Waals surface area contributed by atoms with Crippen LogP contribution in [0.5, 0.6) is 0 Å². The largest absolute Gasteiger partial charge is 0.394 e. The van der Waals surface area contributed by atoms with Crippen LogP contribution in [-0.2, 0) is 0 Å². The summed E-state index contributed by atoms with van der Waals surface area (Å²) in [5.41, 5.74) is 6.44. The molecule has 0 saturated heterocycles. The lowest BCUT2D eigenvalue weighted by atomic mass is 9.84. The van der Waals surface area contributed by atoms with Crippen molar-refractivity contribution in [3.8, 4) is 0 Å². The number of nitrogens with zero attached hydrogens (tertiary/aromatic N) is 2. The minimum atomic E-state index is 0.528. The number of anilines is 2. The Kier molecular flexibility index (Phi) is 3.59. The molecule has 4 heteroatoms. The van der Waals surface area contributed by atoms with Gasteiger partial charge in [0.2, 0.25) is 0 Å². The second-order valence-corrected chi connectivity index (χ2v) is 4.60. The molecule has 0 amide bonds. The monoisotopic (exact) mass is 220 g/mol. The molecule has 1 aliphatic carbocycles. The second-order valence-electron chi connectivity index (χ2n) is 4.60. The third kappa shape index (κ3) is 2.62. The number of hydrogen-bond acceptors (Lipinski definition) is 4. The second kappa shape index (κ2) is 5.14. The highest BCUT2D eigenvalue weighted by Crippen LogP contribution is 2.28. The molecule has 0 bridgehead atoms. The Hall–Kier alpha value is -1.32. The van der Waals surface area contributed by atoms with Gasteiger partial charge in [0.1, 0.15) is 6.33 Å². The van der Waals surface area contributed by atoms with Crippen molar-refractivity contribution in [2.75, 3.05) is 11.1 Å². The number of rotatable bonds is 3. The highest BCUT2D eigenvalue weighted by molar-refractivity contribution is 5.59. The Morgan fingerprint density at radius 1 is 1.38 bits per heavy atom. The first-order chi connectivity index (χ1) is 7.79. The van der Waals surface area contributed by atoms with Gasteiger partial charge in [0.15, 0.2) is 5.82 Å². The van der Waals surface area contributed by atoms with Crippen molar-refractivity contribution in [2.45, 2.75) is 45.1 Å². The van der Waals surface area contributed by atoms with E-state index in [1.165, 1.54) is 38.4 Å². The third-order valence-corrected chi connectivity index (χ3v) is 3.51. The molecule has 2 rings (SSSR count). The number of nitrogens with one attached hydrogen (secondary N) is 1. The van der Waals surface area contributed by atoms with E-state index in [9.17, 15) is 0 Å². The molecular weight excluding hydrogens is 200 g/mol. The molecule has 1 aliphatic rings. The fourth-order valence-electron chi connectivity index (χ4n) is 2.37. The van der Waals surface area contributed by atoms with E-state index < -0.39 is 0 Å². The van der Waals surface area contributed by atoms with Gasteiger partial charge in [-0.05, 0) is 31.6 Å². The van der Waals surface area contributed by atoms with Crippen molar-refractivity contribution in [1.82, 2.24) is 9.97 Å². The van der Waals surface area contributed by atoms with Gasteiger partial charge in [-0.15, -0.1) is 0 Å². The average Bonchev–Trinajstić information content (AvgIpc) is 2.33. The molecule has 1 saturated carbocycles. The summed E-state index contributed by atoms with van der Waals surface area (Å²) < 4.78 is 0. The predicted molar refractivity (Wildman–Crippen MR) is 66.1 cm³/mol. The smallest absolute Gasteiger partial charge is 0.152 e. The Labute approximate surface area is 96.7 Å². The van der Waals surface area contributed by atoms with Crippen LogP contribution >= 0.6 is 0 Å². The van der Waals surface area contributed by atoms with Gasteiger partial charge in [0, 0.05) is 6.04 Å². The van der Waals surface area contributed by atoms with Crippen molar-refractivity contribution in [3.63, 3.8) is 0 Å². The van der Waals surface area contributed by atoms with E-state index in [1.807, 2.05) is 0 Å². The van der Waals surface area contributed by atoms with Gasteiger partial charge < -0.3 is 11.1 Å². The molecule has 3 N–H and O–H groups in total. The van der Waals surface area contributed by atoms with Crippen LogP contribution in [-0.4, -0.2) is 16.0 Å². The lowest BCUT2D eigenvalue weighted by Gasteiger charge is -2.28. The molecule has 1 aromatic rings. The summed E-state index contributed by atoms with van der Waals surface area (Å²) in [4.78, 5) is 8.05. The molecule has 4 nitrogen and oxygen atoms in total. The van der Waals surface area contributed by atoms with E-state index in [0.717, 1.165) is 11.7 Å². The number of hydrogen-bond donors (Lipinski definition) is 2. The van der Waals surface area contributed by atoms with Crippen LogP contribution in [0, 0.1) is 5.92 Å². The Morgan fingerprint density at radius 3 is 2.75 bits per heavy atom. The van der Waals surface area contributed by atoms with Gasteiger partial charge in [-0.1, -0.05) is 13.3 Å². The van der Waals surface area contributed by atoms with E-state index >= 15 is 0 Å². The molecule has 0 aromatic carbocycles. The maximum atomic E-state index is 5.80. The Balaban J connectivity index is 1.89. The van der Waals surface area contributed by atoms with Crippen LogP contribution in [0.15, 0.2) is 12.5 Å². The summed E-state index contributed by atoms with van der Waals surface area (Å²) in [6.45, 7) is 2.28. The van der Waals surface area contributed by atoms with Gasteiger partial charge in [-0.25, -0.2) is 9.97 Å². The molecule has 1 heterocycles. The van der Waals surface area contributed by atoms with E-state index in [-0.39, 0.29) is 0 Å². The lowest BCUT2D eigenvalue weighted by molar-refractivity contribution is 0.330. The molecule has 1 aromatic heterocycles. The van der Waals surface area contributed by atoms with Gasteiger partial charge >= 0.3 is 0 Å². The lowest BCUT2D eigenvalue weighted by Crippen LogP contribution is -2.26. The number of nitrogens with two attached hydrogens (primary N) is 1. The van der Waals surface area contributed by atoms with E-state index in [2.05, 4.69) is 22.2 Å². The van der Waals surface area contributed by atoms with E-state index in [1.54, 1.807) is 6.20 Å². The first-order valence-corrected chi connectivity index (χ1v) is 6.11. The minimum absolute atomic E-state index is 0.528. The van der Waals surface area contributed by atoms with E-state index in [0.29, 0.717) is 11.7 Å². The molecular formula is C12H20N4. The predicted octanol–water partition coefficient (Wildman–Crippen LogP) is 2.44. The van der Waals surface area contributed by atoms with Gasteiger partial charge in [0.25, 0.3) is 0 Å². The molecule has 88 valence electrons. The van der Waals surface area contributed by atoms with Crippen molar-refractivity contribution in [1.29, 1.82) is 0 Å². The molecule has 0 aliphatic heterocycles. The summed E-state index contributed by atoms with van der Waals surface area (Å²) in [7, 11) is 0. The van der Waals surface area contributed by atoms with Crippen LogP contribution in [0.1, 0.15) is 39.0 Å². The highest BCUT2D eigenvalue weighted by atomic mass is 15.1. The van der Waals surface area contributed by atoms with Crippen LogP contribution < -0.4 is 11.1 Å². The number of nitrogen functional groups attached to an aromatic ring is 1. The first kappa shape index (κ1) is 11.2. The summed E-state index contributed by atoms with van der Waals surface area (Å²) in [6.07, 6.45) is 9.58. The molecule has 0 unspecified atom stereocenters. The summed E-state index contributed by atoms with van der Waals surface area (Å²) in [5, 5.41) is 3.42. The van der Waals surface area contributed by atoms with Crippen molar-refractivity contribution >= 4 is 11.5 Å². The Morgan fingerprint density at radius 2 is 2.12 bits per heavy atom. The minimum Gasteiger partial charge on any atom is -0.394 e. The maximum absolute atomic E-state index is 5.80. The Bertz CT molecular complexity index is 332. The van der Waals surface area contributed by atoms with Crippen LogP contribution in [0.4, 0.5) is 11.5 Å². The normalized spacial score (nSPS) is 25.3. The van der Waals surface area contributed by atoms with Crippen molar-refractivity contribution < 1.29 is 0 Å². The average molecular weight is 220 g/mol. The summed E-state index contributed by atoms with van der Waals surface area (Å²) in [5.74, 6) is 1.70. The zero-order valence-electron chi connectivity index (χ0n) is 9.82. The molecule has 16 heavy (non-hydrogen) atoms. The fourth-order valence-corrected chi connectivity index (χ4v) is 2.37.